The molecule has 1 aromatic carbocycles. The Morgan fingerprint density at radius 3 is 2.53 bits per heavy atom. The fourth-order valence-corrected chi connectivity index (χ4v) is 5.18. The van der Waals surface area contributed by atoms with E-state index in [1.165, 1.54) is 12.5 Å². The van der Waals surface area contributed by atoms with Gasteiger partial charge in [-0.25, -0.2) is 18.7 Å². The molecule has 2 heterocycles. The molecule has 2 saturated heterocycles. The Balaban J connectivity index is 1.51. The quantitative estimate of drug-likeness (QED) is 0.422. The Hall–Kier alpha value is -1.96. The largest absolute Gasteiger partial charge is 0.384 e. The molecule has 0 bridgehead atoms. The summed E-state index contributed by atoms with van der Waals surface area (Å²) in [6.07, 6.45) is 5.26. The fourth-order valence-electron chi connectivity index (χ4n) is 4.34. The number of sulfone groups is 1. The second-order valence-corrected chi connectivity index (χ2v) is 11.7. The SMILES string of the molecule is C[C@](CCN1CCC(c2ccc(C#CCO)cc2)CC1)(C(=O)NOC1CCCCO1)S(C)(=O)=O. The number of piperidine rings is 1. The van der Waals surface area contributed by atoms with Crippen molar-refractivity contribution in [3.8, 4) is 11.8 Å². The van der Waals surface area contributed by atoms with Crippen molar-refractivity contribution in [2.75, 3.05) is 39.1 Å². The molecule has 0 spiro atoms. The lowest BCUT2D eigenvalue weighted by Gasteiger charge is -2.35. The minimum atomic E-state index is -3.67. The zero-order chi connectivity index (χ0) is 24.6. The molecule has 1 unspecified atom stereocenters. The van der Waals surface area contributed by atoms with Crippen LogP contribution in [0.4, 0.5) is 0 Å². The Kier molecular flexibility index (Phi) is 9.51. The molecule has 0 aromatic heterocycles. The van der Waals surface area contributed by atoms with E-state index in [0.29, 0.717) is 25.5 Å². The smallest absolute Gasteiger partial charge is 0.264 e. The molecule has 9 heteroatoms. The van der Waals surface area contributed by atoms with Crippen molar-refractivity contribution >= 4 is 15.7 Å². The van der Waals surface area contributed by atoms with E-state index in [1.807, 2.05) is 12.1 Å². The lowest BCUT2D eigenvalue weighted by atomic mass is 9.89. The van der Waals surface area contributed by atoms with Crippen LogP contribution >= 0.6 is 0 Å². The molecule has 1 amide bonds. The molecule has 0 saturated carbocycles. The molecular formula is C25H36N2O6S. The van der Waals surface area contributed by atoms with E-state index in [4.69, 9.17) is 14.7 Å². The van der Waals surface area contributed by atoms with E-state index in [9.17, 15) is 13.2 Å². The summed E-state index contributed by atoms with van der Waals surface area (Å²) in [5.74, 6) is 5.34. The fraction of sp³-hybridized carbons (Fsp3) is 0.640. The Labute approximate surface area is 202 Å². The van der Waals surface area contributed by atoms with Gasteiger partial charge in [-0.15, -0.1) is 0 Å². The lowest BCUT2D eigenvalue weighted by Crippen LogP contribution is -2.52. The molecular weight excluding hydrogens is 456 g/mol. The molecule has 2 fully saturated rings. The van der Waals surface area contributed by atoms with Gasteiger partial charge in [-0.05, 0) is 75.7 Å². The zero-order valence-electron chi connectivity index (χ0n) is 20.1. The lowest BCUT2D eigenvalue weighted by molar-refractivity contribution is -0.201. The van der Waals surface area contributed by atoms with Gasteiger partial charge >= 0.3 is 0 Å². The van der Waals surface area contributed by atoms with Crippen LogP contribution < -0.4 is 5.48 Å². The second-order valence-electron chi connectivity index (χ2n) is 9.30. The summed E-state index contributed by atoms with van der Waals surface area (Å²) in [5, 5.41) is 8.82. The highest BCUT2D eigenvalue weighted by atomic mass is 32.2. The van der Waals surface area contributed by atoms with Crippen molar-refractivity contribution in [3.63, 3.8) is 0 Å². The van der Waals surface area contributed by atoms with Crippen LogP contribution in [0.5, 0.6) is 0 Å². The summed E-state index contributed by atoms with van der Waals surface area (Å²) in [6, 6.07) is 8.12. The number of carbonyl (C=O) groups excluding carboxylic acids is 1. The van der Waals surface area contributed by atoms with Crippen molar-refractivity contribution < 1.29 is 27.9 Å². The minimum absolute atomic E-state index is 0.151. The molecule has 0 aliphatic carbocycles. The van der Waals surface area contributed by atoms with Crippen LogP contribution in [-0.2, 0) is 24.2 Å². The first-order valence-corrected chi connectivity index (χ1v) is 13.8. The first kappa shape index (κ1) is 26.6. The number of nitrogens with one attached hydrogen (secondary N) is 1. The Bertz CT molecular complexity index is 971. The monoisotopic (exact) mass is 492 g/mol. The highest BCUT2D eigenvalue weighted by molar-refractivity contribution is 7.92. The maximum Gasteiger partial charge on any atom is 0.264 e. The van der Waals surface area contributed by atoms with Crippen molar-refractivity contribution in [1.82, 2.24) is 10.4 Å². The number of ether oxygens (including phenoxy) is 1. The summed E-state index contributed by atoms with van der Waals surface area (Å²) in [6.45, 7) is 4.08. The molecule has 34 heavy (non-hydrogen) atoms. The van der Waals surface area contributed by atoms with Crippen LogP contribution in [-0.4, -0.2) is 74.5 Å². The van der Waals surface area contributed by atoms with Crippen molar-refractivity contribution in [2.24, 2.45) is 0 Å². The van der Waals surface area contributed by atoms with E-state index >= 15 is 0 Å². The predicted molar refractivity (Wildman–Crippen MR) is 130 cm³/mol. The van der Waals surface area contributed by atoms with Gasteiger partial charge in [0.2, 0.25) is 0 Å². The van der Waals surface area contributed by atoms with E-state index in [1.54, 1.807) is 0 Å². The van der Waals surface area contributed by atoms with E-state index in [2.05, 4.69) is 34.4 Å². The van der Waals surface area contributed by atoms with Gasteiger partial charge in [0.1, 0.15) is 6.61 Å². The number of hydrogen-bond donors (Lipinski definition) is 2. The van der Waals surface area contributed by atoms with Gasteiger partial charge < -0.3 is 14.7 Å². The maximum atomic E-state index is 12.8. The van der Waals surface area contributed by atoms with E-state index < -0.39 is 26.8 Å². The van der Waals surface area contributed by atoms with Gasteiger partial charge in [-0.1, -0.05) is 24.0 Å². The molecule has 2 N–H and O–H groups in total. The average Bonchev–Trinajstić information content (AvgIpc) is 2.85. The third-order valence-electron chi connectivity index (χ3n) is 6.91. The van der Waals surface area contributed by atoms with Crippen LogP contribution in [0.2, 0.25) is 0 Å². The first-order chi connectivity index (χ1) is 16.2. The third kappa shape index (κ3) is 7.03. The highest BCUT2D eigenvalue weighted by Gasteiger charge is 2.44. The van der Waals surface area contributed by atoms with E-state index in [0.717, 1.165) is 50.6 Å². The number of rotatable bonds is 8. The summed E-state index contributed by atoms with van der Waals surface area (Å²) in [7, 11) is -3.67. The number of likely N-dealkylation sites (tertiary alicyclic amines) is 1. The molecule has 0 radical (unpaired) electrons. The molecule has 2 aliphatic heterocycles. The van der Waals surface area contributed by atoms with Gasteiger partial charge in [0.25, 0.3) is 5.91 Å². The molecule has 188 valence electrons. The number of aliphatic hydroxyl groups is 1. The first-order valence-electron chi connectivity index (χ1n) is 11.9. The summed E-state index contributed by atoms with van der Waals surface area (Å²) in [4.78, 5) is 20.4. The number of hydroxylamine groups is 1. The third-order valence-corrected chi connectivity index (χ3v) is 8.93. The second kappa shape index (κ2) is 12.1. The van der Waals surface area contributed by atoms with Gasteiger partial charge in [-0.2, -0.15) is 0 Å². The van der Waals surface area contributed by atoms with Crippen LogP contribution in [0, 0.1) is 11.8 Å². The number of aliphatic hydroxyl groups excluding tert-OH is 1. The molecule has 1 aromatic rings. The summed E-state index contributed by atoms with van der Waals surface area (Å²) < 4.78 is 29.0. The van der Waals surface area contributed by atoms with Gasteiger partial charge in [0, 0.05) is 31.4 Å². The van der Waals surface area contributed by atoms with E-state index in [-0.39, 0.29) is 13.0 Å². The van der Waals surface area contributed by atoms with Crippen LogP contribution in [0.1, 0.15) is 62.5 Å². The standard InChI is InChI=1S/C25H36N2O6S/c1-25(34(2,30)31,24(29)26-33-23-7-3-4-19-32-23)14-17-27-15-12-22(13-16-27)21-10-8-20(9-11-21)6-5-18-28/h8-11,22-23,28H,3-4,7,12-19H2,1-2H3,(H,26,29)/t23?,25-/m0/s1. The molecule has 3 rings (SSSR count). The van der Waals surface area contributed by atoms with Crippen molar-refractivity contribution in [3.05, 3.63) is 35.4 Å². The van der Waals surface area contributed by atoms with Crippen LogP contribution in [0.3, 0.4) is 0 Å². The predicted octanol–water partition coefficient (Wildman–Crippen LogP) is 1.98. The molecule has 2 aliphatic rings. The zero-order valence-corrected chi connectivity index (χ0v) is 20.9. The number of amides is 1. The van der Waals surface area contributed by atoms with Crippen molar-refractivity contribution in [1.29, 1.82) is 0 Å². The molecule has 8 nitrogen and oxygen atoms in total. The summed E-state index contributed by atoms with van der Waals surface area (Å²) in [5.41, 5.74) is 4.49. The van der Waals surface area contributed by atoms with Crippen molar-refractivity contribution in [2.45, 2.75) is 62.4 Å². The Morgan fingerprint density at radius 1 is 1.24 bits per heavy atom. The van der Waals surface area contributed by atoms with Gasteiger partial charge in [-0.3, -0.25) is 4.79 Å². The Morgan fingerprint density at radius 2 is 1.94 bits per heavy atom. The highest BCUT2D eigenvalue weighted by Crippen LogP contribution is 2.29. The number of nitrogens with zero attached hydrogens (tertiary/aromatic N) is 1. The number of carbonyl (C=O) groups is 1. The normalized spacial score (nSPS) is 21.8. The topological polar surface area (TPSA) is 105 Å². The maximum absolute atomic E-state index is 12.8. The number of hydrogen-bond acceptors (Lipinski definition) is 7. The van der Waals surface area contributed by atoms with Crippen LogP contribution in [0.15, 0.2) is 24.3 Å². The number of benzene rings is 1. The average molecular weight is 493 g/mol. The summed E-state index contributed by atoms with van der Waals surface area (Å²) >= 11 is 0. The van der Waals surface area contributed by atoms with Gasteiger partial charge in [0.05, 0.1) is 0 Å². The molecule has 2 atom stereocenters. The van der Waals surface area contributed by atoms with Crippen LogP contribution in [0.25, 0.3) is 0 Å². The van der Waals surface area contributed by atoms with Gasteiger partial charge in [0.15, 0.2) is 20.9 Å². The minimum Gasteiger partial charge on any atom is -0.384 e.